The number of sulfone groups is 2. The summed E-state index contributed by atoms with van der Waals surface area (Å²) in [5, 5.41) is 0. The monoisotopic (exact) mass is 506 g/mol. The van der Waals surface area contributed by atoms with Crippen LogP contribution in [0.15, 0.2) is 109 Å². The molecule has 9 heteroatoms. The van der Waals surface area contributed by atoms with Crippen LogP contribution in [0.25, 0.3) is 0 Å². The van der Waals surface area contributed by atoms with Crippen LogP contribution in [0.5, 0.6) is 0 Å². The summed E-state index contributed by atoms with van der Waals surface area (Å²) < 4.78 is 54.8. The Morgan fingerprint density at radius 3 is 1.83 bits per heavy atom. The van der Waals surface area contributed by atoms with Gasteiger partial charge in [-0.15, -0.1) is 0 Å². The highest BCUT2D eigenvalue weighted by Crippen LogP contribution is 2.28. The molecule has 0 aliphatic rings. The van der Waals surface area contributed by atoms with E-state index in [4.69, 9.17) is 0 Å². The first-order valence-electron chi connectivity index (χ1n) is 8.97. The molecule has 6 nitrogen and oxygen atoms in total. The van der Waals surface area contributed by atoms with Crippen LogP contribution in [0, 0.1) is 0 Å². The molecule has 0 N–H and O–H groups in total. The van der Waals surface area contributed by atoms with Crippen LogP contribution in [0.3, 0.4) is 0 Å². The standard InChI is InChI=1S/C21H19BrN2O4S2/c1-2-24-16-17(22)13-14-20(24)23-15-21(29(25,26)18-9-5-3-6-10-18)30(27,28)19-11-7-4-8-12-19/h3-16H,2H2,1H3. The molecular weight excluding hydrogens is 488 g/mol. The number of rotatable bonds is 6. The molecule has 30 heavy (non-hydrogen) atoms. The molecule has 0 radical (unpaired) electrons. The first kappa shape index (κ1) is 22.2. The lowest BCUT2D eigenvalue weighted by Crippen LogP contribution is -2.19. The van der Waals surface area contributed by atoms with E-state index in [2.05, 4.69) is 20.9 Å². The van der Waals surface area contributed by atoms with Gasteiger partial charge in [0.2, 0.25) is 19.7 Å². The summed E-state index contributed by atoms with van der Waals surface area (Å²) in [4.78, 5) is 3.98. The average Bonchev–Trinajstić information content (AvgIpc) is 2.75. The van der Waals surface area contributed by atoms with Crippen molar-refractivity contribution < 1.29 is 16.8 Å². The van der Waals surface area contributed by atoms with Gasteiger partial charge in [0.05, 0.1) is 16.0 Å². The maximum absolute atomic E-state index is 13.3. The number of nitrogens with zero attached hydrogens (tertiary/aromatic N) is 2. The predicted molar refractivity (Wildman–Crippen MR) is 119 cm³/mol. The van der Waals surface area contributed by atoms with E-state index in [-0.39, 0.29) is 9.79 Å². The minimum Gasteiger partial charge on any atom is -0.332 e. The highest BCUT2D eigenvalue weighted by atomic mass is 79.9. The number of aryl methyl sites for hydroxylation is 1. The van der Waals surface area contributed by atoms with Crippen molar-refractivity contribution >= 4 is 35.6 Å². The lowest BCUT2D eigenvalue weighted by atomic mass is 10.4. The van der Waals surface area contributed by atoms with Crippen LogP contribution in [0.1, 0.15) is 6.92 Å². The maximum atomic E-state index is 13.3. The van der Waals surface area contributed by atoms with Crippen molar-refractivity contribution in [1.29, 1.82) is 0 Å². The highest BCUT2D eigenvalue weighted by molar-refractivity contribution is 9.10. The number of pyridine rings is 1. The van der Waals surface area contributed by atoms with Gasteiger partial charge in [-0.25, -0.2) is 21.8 Å². The summed E-state index contributed by atoms with van der Waals surface area (Å²) in [7, 11) is -8.69. The Balaban J connectivity index is 2.29. The lowest BCUT2D eigenvalue weighted by molar-refractivity contribution is 0.595. The zero-order valence-corrected chi connectivity index (χ0v) is 19.2. The number of halogens is 1. The first-order valence-corrected chi connectivity index (χ1v) is 12.7. The molecule has 156 valence electrons. The quantitative estimate of drug-likeness (QED) is 0.506. The Labute approximate surface area is 184 Å². The lowest BCUT2D eigenvalue weighted by Gasteiger charge is -2.10. The molecule has 0 saturated carbocycles. The van der Waals surface area contributed by atoms with Crippen molar-refractivity contribution in [3.8, 4) is 0 Å². The fourth-order valence-electron chi connectivity index (χ4n) is 2.71. The van der Waals surface area contributed by atoms with Gasteiger partial charge in [-0.05, 0) is 59.3 Å². The predicted octanol–water partition coefficient (Wildman–Crippen LogP) is 3.92. The third-order valence-corrected chi connectivity index (χ3v) is 9.09. The Morgan fingerprint density at radius 1 is 0.867 bits per heavy atom. The summed E-state index contributed by atoms with van der Waals surface area (Å²) in [6, 6.07) is 18.3. The molecule has 3 rings (SSSR count). The molecule has 0 fully saturated rings. The number of aromatic nitrogens is 1. The van der Waals surface area contributed by atoms with Crippen molar-refractivity contribution in [3.05, 3.63) is 99.4 Å². The molecule has 0 spiro atoms. The van der Waals surface area contributed by atoms with Gasteiger partial charge in [0.25, 0.3) is 0 Å². The summed E-state index contributed by atoms with van der Waals surface area (Å²) in [6.45, 7) is 2.47. The van der Waals surface area contributed by atoms with E-state index in [1.807, 2.05) is 6.92 Å². The molecule has 0 unspecified atom stereocenters. The zero-order valence-electron chi connectivity index (χ0n) is 16.0. The fourth-order valence-corrected chi connectivity index (χ4v) is 6.70. The van der Waals surface area contributed by atoms with E-state index in [9.17, 15) is 16.8 Å². The second-order valence-corrected chi connectivity index (χ2v) is 11.2. The Kier molecular flexibility index (Phi) is 6.74. The van der Waals surface area contributed by atoms with Crippen LogP contribution in [0.4, 0.5) is 0 Å². The molecule has 1 aromatic heterocycles. The Morgan fingerprint density at radius 2 is 1.37 bits per heavy atom. The van der Waals surface area contributed by atoms with Crippen LogP contribution in [-0.4, -0.2) is 21.4 Å². The molecule has 0 amide bonds. The van der Waals surface area contributed by atoms with Gasteiger partial charge in [0.1, 0.15) is 5.49 Å². The van der Waals surface area contributed by atoms with Crippen LogP contribution in [-0.2, 0) is 26.2 Å². The van der Waals surface area contributed by atoms with Gasteiger partial charge in [0.15, 0.2) is 4.24 Å². The van der Waals surface area contributed by atoms with Gasteiger partial charge in [-0.2, -0.15) is 0 Å². The molecular formula is C21H19BrN2O4S2. The summed E-state index contributed by atoms with van der Waals surface area (Å²) in [5.41, 5.74) is 0.421. The number of hydrogen-bond acceptors (Lipinski definition) is 5. The number of benzene rings is 2. The van der Waals surface area contributed by atoms with E-state index in [1.54, 1.807) is 35.0 Å². The van der Waals surface area contributed by atoms with Crippen molar-refractivity contribution in [3.63, 3.8) is 0 Å². The van der Waals surface area contributed by atoms with Crippen molar-refractivity contribution in [2.75, 3.05) is 0 Å². The third-order valence-electron chi connectivity index (χ3n) is 4.24. The molecule has 0 bridgehead atoms. The second-order valence-electron chi connectivity index (χ2n) is 6.20. The molecule has 0 aliphatic heterocycles. The van der Waals surface area contributed by atoms with E-state index >= 15 is 0 Å². The second kappa shape index (κ2) is 9.11. The largest absolute Gasteiger partial charge is 0.332 e. The molecule has 3 aromatic rings. The Hall–Kier alpha value is -2.49. The van der Waals surface area contributed by atoms with Crippen molar-refractivity contribution in [1.82, 2.24) is 4.57 Å². The van der Waals surface area contributed by atoms with E-state index in [0.29, 0.717) is 12.0 Å². The topological polar surface area (TPSA) is 85.6 Å². The molecule has 2 aromatic carbocycles. The minimum absolute atomic E-state index is 0.120. The first-order chi connectivity index (χ1) is 14.3. The van der Waals surface area contributed by atoms with E-state index in [0.717, 1.165) is 10.7 Å². The average molecular weight is 507 g/mol. The molecule has 1 heterocycles. The number of hydrogen-bond donors (Lipinski definition) is 0. The summed E-state index contributed by atoms with van der Waals surface area (Å²) >= 11 is 3.37. The molecule has 0 saturated heterocycles. The van der Waals surface area contributed by atoms with Gasteiger partial charge in [-0.1, -0.05) is 36.4 Å². The van der Waals surface area contributed by atoms with Crippen molar-refractivity contribution in [2.24, 2.45) is 4.99 Å². The van der Waals surface area contributed by atoms with Crippen LogP contribution in [0.2, 0.25) is 0 Å². The normalized spacial score (nSPS) is 12.5. The van der Waals surface area contributed by atoms with Gasteiger partial charge in [-0.3, -0.25) is 0 Å². The van der Waals surface area contributed by atoms with Gasteiger partial charge >= 0.3 is 0 Å². The minimum atomic E-state index is -4.34. The van der Waals surface area contributed by atoms with Gasteiger partial charge in [0, 0.05) is 17.2 Å². The maximum Gasteiger partial charge on any atom is 0.219 e. The third kappa shape index (κ3) is 4.63. The van der Waals surface area contributed by atoms with Gasteiger partial charge < -0.3 is 4.57 Å². The fraction of sp³-hybridized carbons (Fsp3) is 0.0952. The zero-order chi connectivity index (χ0) is 21.8. The summed E-state index contributed by atoms with van der Waals surface area (Å²) in [5.74, 6) is 0. The van der Waals surface area contributed by atoms with Crippen molar-refractivity contribution in [2.45, 2.75) is 23.3 Å². The van der Waals surface area contributed by atoms with E-state index < -0.39 is 23.9 Å². The highest BCUT2D eigenvalue weighted by Gasteiger charge is 2.33. The SMILES string of the molecule is CCn1cc(Br)ccc1=NC=C(S(=O)(=O)c1ccccc1)S(=O)(=O)c1ccccc1. The van der Waals surface area contributed by atoms with E-state index in [1.165, 1.54) is 48.5 Å². The van der Waals surface area contributed by atoms with Crippen LogP contribution < -0.4 is 5.49 Å². The summed E-state index contributed by atoms with van der Waals surface area (Å²) in [6.07, 6.45) is 2.70. The van der Waals surface area contributed by atoms with Crippen LogP contribution >= 0.6 is 15.9 Å². The molecule has 0 atom stereocenters. The Bertz CT molecular complexity index is 1280. The molecule has 0 aliphatic carbocycles. The smallest absolute Gasteiger partial charge is 0.219 e.